The van der Waals surface area contributed by atoms with Crippen LogP contribution in [0.25, 0.3) is 0 Å². The maximum Gasteiger partial charge on any atom is 0.472 e. The fourth-order valence-corrected chi connectivity index (χ4v) is 5.87. The number of hydrogen-bond acceptors (Lipinski definition) is 7. The van der Waals surface area contributed by atoms with Crippen LogP contribution >= 0.6 is 7.82 Å². The van der Waals surface area contributed by atoms with Crippen molar-refractivity contribution in [1.82, 2.24) is 5.32 Å². The minimum Gasteiger partial charge on any atom is -0.463 e. The van der Waals surface area contributed by atoms with Crippen molar-refractivity contribution in [2.45, 2.75) is 168 Å². The van der Waals surface area contributed by atoms with E-state index in [0.29, 0.717) is 6.42 Å². The van der Waals surface area contributed by atoms with Crippen LogP contribution < -0.4 is 5.32 Å². The van der Waals surface area contributed by atoms with E-state index in [9.17, 15) is 24.2 Å². The second-order valence-electron chi connectivity index (χ2n) is 13.2. The van der Waals surface area contributed by atoms with Gasteiger partial charge < -0.3 is 20.1 Å². The Balaban J connectivity index is 3.65. The lowest BCUT2D eigenvalue weighted by Crippen LogP contribution is -2.27. The predicted molar refractivity (Wildman–Crippen MR) is 215 cm³/mol. The van der Waals surface area contributed by atoms with Crippen LogP contribution in [0.5, 0.6) is 0 Å². The zero-order chi connectivity index (χ0) is 38.2. The number of unbranched alkanes of at least 4 members (excludes halogenated alkanes) is 14. The summed E-state index contributed by atoms with van der Waals surface area (Å²) in [5.41, 5.74) is 0. The minimum absolute atomic E-state index is 0.0715. The highest BCUT2D eigenvalue weighted by atomic mass is 31.2. The summed E-state index contributed by atoms with van der Waals surface area (Å²) in [5.74, 6) is -0.545. The van der Waals surface area contributed by atoms with Gasteiger partial charge in [0.05, 0.1) is 13.2 Å². The number of hydrogen-bond donors (Lipinski definition) is 3. The number of phosphoric ester groups is 1. The molecule has 0 spiro atoms. The van der Waals surface area contributed by atoms with Crippen LogP contribution in [0.2, 0.25) is 0 Å². The number of ether oxygens (including phenoxy) is 1. The lowest BCUT2D eigenvalue weighted by molar-refractivity contribution is -0.147. The molecule has 0 saturated heterocycles. The molecule has 10 heteroatoms. The summed E-state index contributed by atoms with van der Waals surface area (Å²) >= 11 is 0. The molecule has 52 heavy (non-hydrogen) atoms. The summed E-state index contributed by atoms with van der Waals surface area (Å²) in [7, 11) is -4.42. The van der Waals surface area contributed by atoms with Gasteiger partial charge in [0.15, 0.2) is 0 Å². The second-order valence-corrected chi connectivity index (χ2v) is 14.7. The van der Waals surface area contributed by atoms with Crippen LogP contribution in [0.15, 0.2) is 60.8 Å². The zero-order valence-corrected chi connectivity index (χ0v) is 33.6. The molecular formula is C42H74NO8P. The van der Waals surface area contributed by atoms with E-state index in [0.717, 1.165) is 96.3 Å². The van der Waals surface area contributed by atoms with E-state index in [1.165, 1.54) is 38.5 Å². The molecule has 0 aliphatic heterocycles. The Hall–Kier alpha value is -2.29. The van der Waals surface area contributed by atoms with Gasteiger partial charge in [-0.3, -0.25) is 18.6 Å². The molecule has 0 aromatic carbocycles. The van der Waals surface area contributed by atoms with Crippen LogP contribution in [-0.2, 0) is 27.9 Å². The Morgan fingerprint density at radius 2 is 1.10 bits per heavy atom. The molecule has 0 fully saturated rings. The average Bonchev–Trinajstić information content (AvgIpc) is 3.13. The Bertz CT molecular complexity index is 1040. The Morgan fingerprint density at radius 3 is 1.65 bits per heavy atom. The van der Waals surface area contributed by atoms with Crippen molar-refractivity contribution in [3.63, 3.8) is 0 Å². The van der Waals surface area contributed by atoms with Crippen LogP contribution in [0, 0.1) is 0 Å². The highest BCUT2D eigenvalue weighted by Crippen LogP contribution is 2.42. The molecule has 0 aromatic rings. The Labute approximate surface area is 317 Å². The lowest BCUT2D eigenvalue weighted by Gasteiger charge is -2.15. The number of amides is 1. The van der Waals surface area contributed by atoms with E-state index >= 15 is 0 Å². The standard InChI is InChI=1S/C42H74NO8P/c1-3-5-7-9-11-13-15-17-19-20-21-22-24-26-28-30-32-34-41(45)43-36-37-50-52(47,48)51-39-40(44)38-49-42(46)35-33-31-29-27-25-23-18-16-14-12-10-8-6-4-2/h5,7,10-13,16-19,40,44H,3-4,6,8-9,14-15,20-39H2,1-2H3,(H,43,45)(H,47,48)/b7-5-,12-10-,13-11-,18-16-,19-17-. The summed E-state index contributed by atoms with van der Waals surface area (Å²) in [6.45, 7) is 3.35. The number of phosphoric acid groups is 1. The normalized spacial score (nSPS) is 14.0. The van der Waals surface area contributed by atoms with E-state index in [1.54, 1.807) is 0 Å². The fourth-order valence-electron chi connectivity index (χ4n) is 5.12. The van der Waals surface area contributed by atoms with Gasteiger partial charge in [0.25, 0.3) is 0 Å². The van der Waals surface area contributed by atoms with Gasteiger partial charge in [0.2, 0.25) is 5.91 Å². The van der Waals surface area contributed by atoms with Gasteiger partial charge in [-0.1, -0.05) is 139 Å². The Morgan fingerprint density at radius 1 is 0.615 bits per heavy atom. The molecule has 0 rings (SSSR count). The third-order valence-electron chi connectivity index (χ3n) is 8.18. The number of esters is 1. The number of carbonyl (C=O) groups is 2. The van der Waals surface area contributed by atoms with Crippen molar-refractivity contribution in [3.8, 4) is 0 Å². The van der Waals surface area contributed by atoms with Crippen LogP contribution in [0.1, 0.15) is 162 Å². The smallest absolute Gasteiger partial charge is 0.463 e. The first kappa shape index (κ1) is 49.7. The summed E-state index contributed by atoms with van der Waals surface area (Å²) in [6, 6.07) is 0. The van der Waals surface area contributed by atoms with Crippen molar-refractivity contribution in [3.05, 3.63) is 60.8 Å². The molecule has 2 atom stereocenters. The van der Waals surface area contributed by atoms with E-state index in [2.05, 4.69) is 79.9 Å². The zero-order valence-electron chi connectivity index (χ0n) is 32.7. The molecule has 0 bridgehead atoms. The monoisotopic (exact) mass is 752 g/mol. The van der Waals surface area contributed by atoms with Crippen molar-refractivity contribution in [1.29, 1.82) is 0 Å². The van der Waals surface area contributed by atoms with E-state index < -0.39 is 26.5 Å². The van der Waals surface area contributed by atoms with Crippen LogP contribution in [0.4, 0.5) is 0 Å². The molecule has 9 nitrogen and oxygen atoms in total. The quantitative estimate of drug-likeness (QED) is 0.0247. The third-order valence-corrected chi connectivity index (χ3v) is 9.17. The number of aliphatic hydroxyl groups excluding tert-OH is 1. The van der Waals surface area contributed by atoms with Gasteiger partial charge in [0.1, 0.15) is 12.7 Å². The molecule has 0 radical (unpaired) electrons. The molecule has 3 N–H and O–H groups in total. The second kappa shape index (κ2) is 38.4. The summed E-state index contributed by atoms with van der Waals surface area (Å²) in [6.07, 6.45) is 44.3. The van der Waals surface area contributed by atoms with E-state index in [4.69, 9.17) is 13.8 Å². The number of allylic oxidation sites excluding steroid dienone is 10. The minimum atomic E-state index is -4.42. The van der Waals surface area contributed by atoms with Gasteiger partial charge >= 0.3 is 13.8 Å². The van der Waals surface area contributed by atoms with Crippen molar-refractivity contribution in [2.75, 3.05) is 26.4 Å². The molecule has 0 aliphatic rings. The van der Waals surface area contributed by atoms with Crippen molar-refractivity contribution < 1.29 is 37.9 Å². The molecule has 300 valence electrons. The maximum absolute atomic E-state index is 12.1. The first-order valence-electron chi connectivity index (χ1n) is 20.3. The molecular weight excluding hydrogens is 677 g/mol. The van der Waals surface area contributed by atoms with Crippen LogP contribution in [0.3, 0.4) is 0 Å². The molecule has 0 saturated carbocycles. The number of nitrogens with one attached hydrogen (secondary N) is 1. The van der Waals surface area contributed by atoms with Gasteiger partial charge in [0, 0.05) is 19.4 Å². The molecule has 0 aromatic heterocycles. The van der Waals surface area contributed by atoms with Gasteiger partial charge in [-0.05, 0) is 70.6 Å². The topological polar surface area (TPSA) is 131 Å². The van der Waals surface area contributed by atoms with Crippen LogP contribution in [-0.4, -0.2) is 54.3 Å². The number of carbonyl (C=O) groups excluding carboxylic acids is 2. The SMILES string of the molecule is CC/C=C\C/C=C\C/C=C\CCCCCCCCCC(=O)NCCOP(=O)(O)OCC(O)COC(=O)CCCCCCC/C=C\C/C=C\CCCC. The highest BCUT2D eigenvalue weighted by Gasteiger charge is 2.23. The number of aliphatic hydroxyl groups is 1. The first-order valence-corrected chi connectivity index (χ1v) is 21.8. The van der Waals surface area contributed by atoms with Gasteiger partial charge in [-0.25, -0.2) is 4.57 Å². The molecule has 2 unspecified atom stereocenters. The average molecular weight is 752 g/mol. The van der Waals surface area contributed by atoms with Crippen molar-refractivity contribution in [2.24, 2.45) is 0 Å². The summed E-state index contributed by atoms with van der Waals surface area (Å²) in [5, 5.41) is 12.7. The molecule has 0 aliphatic carbocycles. The third kappa shape index (κ3) is 38.9. The van der Waals surface area contributed by atoms with E-state index in [-0.39, 0.29) is 32.1 Å². The molecule has 1 amide bonds. The summed E-state index contributed by atoms with van der Waals surface area (Å²) < 4.78 is 26.8. The van der Waals surface area contributed by atoms with Crippen molar-refractivity contribution >= 4 is 19.7 Å². The van der Waals surface area contributed by atoms with Gasteiger partial charge in [-0.2, -0.15) is 0 Å². The first-order chi connectivity index (χ1) is 25.3. The van der Waals surface area contributed by atoms with E-state index in [1.807, 2.05) is 0 Å². The fraction of sp³-hybridized carbons (Fsp3) is 0.714. The number of rotatable bonds is 37. The van der Waals surface area contributed by atoms with Gasteiger partial charge in [-0.15, -0.1) is 0 Å². The summed E-state index contributed by atoms with van der Waals surface area (Å²) in [4.78, 5) is 33.8. The molecule has 0 heterocycles. The highest BCUT2D eigenvalue weighted by molar-refractivity contribution is 7.47. The predicted octanol–water partition coefficient (Wildman–Crippen LogP) is 10.9. The maximum atomic E-state index is 12.1. The largest absolute Gasteiger partial charge is 0.472 e. The Kier molecular flexibility index (Phi) is 36.7. The lowest BCUT2D eigenvalue weighted by atomic mass is 10.1.